The van der Waals surface area contributed by atoms with E-state index in [4.69, 9.17) is 0 Å². The molecule has 1 amide bonds. The molecule has 0 radical (unpaired) electrons. The average Bonchev–Trinajstić information content (AvgIpc) is 2.96. The zero-order valence-corrected chi connectivity index (χ0v) is 16.6. The minimum absolute atomic E-state index is 0.00447. The van der Waals surface area contributed by atoms with Gasteiger partial charge in [0.15, 0.2) is 0 Å². The fourth-order valence-corrected chi connectivity index (χ4v) is 6.17. The van der Waals surface area contributed by atoms with Crippen LogP contribution in [0.3, 0.4) is 0 Å². The number of sulfonamides is 1. The fraction of sp³-hybridized carbons (Fsp3) is 0.650. The number of rotatable bonds is 3. The highest BCUT2D eigenvalue weighted by molar-refractivity contribution is 7.89. The van der Waals surface area contributed by atoms with Crippen molar-refractivity contribution < 1.29 is 13.2 Å². The molecule has 3 aliphatic heterocycles. The number of anilines is 1. The average molecular weight is 392 g/mol. The normalized spacial score (nSPS) is 25.5. The van der Waals surface area contributed by atoms with Gasteiger partial charge in [0.1, 0.15) is 0 Å². The number of fused-ring (bicyclic) bond motifs is 1. The molecule has 1 aromatic carbocycles. The molecule has 2 saturated heterocycles. The summed E-state index contributed by atoms with van der Waals surface area (Å²) in [6.45, 7) is 3.51. The molecule has 7 heteroatoms. The number of nitrogens with one attached hydrogen (secondary N) is 1. The van der Waals surface area contributed by atoms with E-state index in [1.165, 1.54) is 12.8 Å². The quantitative estimate of drug-likeness (QED) is 0.860. The van der Waals surface area contributed by atoms with Crippen LogP contribution in [0.1, 0.15) is 50.5 Å². The monoisotopic (exact) mass is 391 g/mol. The highest BCUT2D eigenvalue weighted by Gasteiger charge is 2.31. The molecule has 1 atom stereocenters. The molecule has 27 heavy (non-hydrogen) atoms. The van der Waals surface area contributed by atoms with Crippen molar-refractivity contribution in [2.75, 3.05) is 31.5 Å². The van der Waals surface area contributed by atoms with Crippen molar-refractivity contribution in [1.29, 1.82) is 0 Å². The Morgan fingerprint density at radius 3 is 2.56 bits per heavy atom. The van der Waals surface area contributed by atoms with Crippen LogP contribution in [-0.2, 0) is 21.2 Å². The highest BCUT2D eigenvalue weighted by atomic mass is 32.2. The van der Waals surface area contributed by atoms with Crippen molar-refractivity contribution in [3.63, 3.8) is 0 Å². The van der Waals surface area contributed by atoms with E-state index in [1.54, 1.807) is 22.5 Å². The number of carbonyl (C=O) groups is 1. The first-order chi connectivity index (χ1) is 13.0. The van der Waals surface area contributed by atoms with Gasteiger partial charge >= 0.3 is 0 Å². The van der Waals surface area contributed by atoms with Crippen molar-refractivity contribution in [2.45, 2.75) is 62.3 Å². The zero-order valence-electron chi connectivity index (χ0n) is 15.8. The van der Waals surface area contributed by atoms with Gasteiger partial charge in [-0.1, -0.05) is 0 Å². The molecule has 0 spiro atoms. The molecule has 1 aromatic rings. The van der Waals surface area contributed by atoms with E-state index in [0.717, 1.165) is 56.4 Å². The Kier molecular flexibility index (Phi) is 5.53. The standard InChI is InChI=1S/C20H29N3O3S/c24-20-7-3-5-16-15-18(8-9-19(16)21-20)27(25,26)23-13-4-6-17(10-14-23)22-11-1-2-12-22/h8-9,15,17H,1-7,10-14H2,(H,21,24). The third kappa shape index (κ3) is 4.05. The summed E-state index contributed by atoms with van der Waals surface area (Å²) in [7, 11) is -3.49. The Bertz CT molecular complexity index is 803. The van der Waals surface area contributed by atoms with Gasteiger partial charge in [0.2, 0.25) is 15.9 Å². The van der Waals surface area contributed by atoms with Crippen LogP contribution in [0.4, 0.5) is 5.69 Å². The molecule has 4 rings (SSSR count). The van der Waals surface area contributed by atoms with Crippen molar-refractivity contribution in [2.24, 2.45) is 0 Å². The third-order valence-corrected chi connectivity index (χ3v) is 8.05. The molecule has 3 aliphatic rings. The van der Waals surface area contributed by atoms with E-state index in [-0.39, 0.29) is 5.91 Å². The van der Waals surface area contributed by atoms with Gasteiger partial charge in [-0.15, -0.1) is 0 Å². The molecule has 2 fully saturated rings. The maximum Gasteiger partial charge on any atom is 0.243 e. The maximum atomic E-state index is 13.2. The first kappa shape index (κ1) is 18.9. The SMILES string of the molecule is O=C1CCCc2cc(S(=O)(=O)N3CCCC(N4CCCC4)CC3)ccc2N1. The van der Waals surface area contributed by atoms with Crippen molar-refractivity contribution in [3.8, 4) is 0 Å². The predicted molar refractivity (Wildman–Crippen MR) is 105 cm³/mol. The molecule has 0 aromatic heterocycles. The van der Waals surface area contributed by atoms with Gasteiger partial charge in [0, 0.05) is 31.2 Å². The smallest absolute Gasteiger partial charge is 0.243 e. The number of aryl methyl sites for hydroxylation is 1. The molecular formula is C20H29N3O3S. The van der Waals surface area contributed by atoms with Crippen molar-refractivity contribution in [3.05, 3.63) is 23.8 Å². The van der Waals surface area contributed by atoms with Gasteiger partial charge in [0.05, 0.1) is 4.90 Å². The van der Waals surface area contributed by atoms with E-state index >= 15 is 0 Å². The lowest BCUT2D eigenvalue weighted by Gasteiger charge is -2.26. The number of hydrogen-bond acceptors (Lipinski definition) is 4. The van der Waals surface area contributed by atoms with Crippen LogP contribution in [0.5, 0.6) is 0 Å². The summed E-state index contributed by atoms with van der Waals surface area (Å²) in [4.78, 5) is 14.6. The summed E-state index contributed by atoms with van der Waals surface area (Å²) in [6, 6.07) is 5.67. The van der Waals surface area contributed by atoms with E-state index in [9.17, 15) is 13.2 Å². The molecule has 1 N–H and O–H groups in total. The molecular weight excluding hydrogens is 362 g/mol. The second kappa shape index (κ2) is 7.89. The van der Waals surface area contributed by atoms with Crippen LogP contribution < -0.4 is 5.32 Å². The lowest BCUT2D eigenvalue weighted by atomic mass is 10.1. The summed E-state index contributed by atoms with van der Waals surface area (Å²) in [5, 5.41) is 2.87. The van der Waals surface area contributed by atoms with Crippen LogP contribution in [0.25, 0.3) is 0 Å². The predicted octanol–water partition coefficient (Wildman–Crippen LogP) is 2.60. The van der Waals surface area contributed by atoms with Crippen LogP contribution in [0.15, 0.2) is 23.1 Å². The highest BCUT2D eigenvalue weighted by Crippen LogP contribution is 2.29. The first-order valence-corrected chi connectivity index (χ1v) is 11.6. The minimum Gasteiger partial charge on any atom is -0.326 e. The molecule has 148 valence electrons. The summed E-state index contributed by atoms with van der Waals surface area (Å²) in [5.41, 5.74) is 1.67. The lowest BCUT2D eigenvalue weighted by molar-refractivity contribution is -0.116. The number of likely N-dealkylation sites (tertiary alicyclic amines) is 1. The van der Waals surface area contributed by atoms with Crippen molar-refractivity contribution in [1.82, 2.24) is 9.21 Å². The molecule has 0 saturated carbocycles. The van der Waals surface area contributed by atoms with Crippen molar-refractivity contribution >= 4 is 21.6 Å². The second-order valence-corrected chi connectivity index (χ2v) is 9.89. The molecule has 0 bridgehead atoms. The van der Waals surface area contributed by atoms with Gasteiger partial charge in [-0.2, -0.15) is 4.31 Å². The molecule has 1 unspecified atom stereocenters. The number of hydrogen-bond donors (Lipinski definition) is 1. The van der Waals surface area contributed by atoms with E-state index < -0.39 is 10.0 Å². The Labute approximate surface area is 162 Å². The zero-order chi connectivity index (χ0) is 18.9. The van der Waals surface area contributed by atoms with Gasteiger partial charge in [0.25, 0.3) is 0 Å². The topological polar surface area (TPSA) is 69.7 Å². The van der Waals surface area contributed by atoms with Gasteiger partial charge in [-0.25, -0.2) is 8.42 Å². The summed E-state index contributed by atoms with van der Waals surface area (Å²) in [5.74, 6) is 0.00447. The largest absolute Gasteiger partial charge is 0.326 e. The third-order valence-electron chi connectivity index (χ3n) is 6.15. The molecule has 0 aliphatic carbocycles. The Morgan fingerprint density at radius 1 is 0.926 bits per heavy atom. The van der Waals surface area contributed by atoms with Gasteiger partial charge in [-0.05, 0) is 81.8 Å². The number of carbonyl (C=O) groups excluding carboxylic acids is 1. The van der Waals surface area contributed by atoms with Gasteiger partial charge in [-0.3, -0.25) is 4.79 Å². The van der Waals surface area contributed by atoms with Crippen LogP contribution in [-0.4, -0.2) is 55.8 Å². The van der Waals surface area contributed by atoms with Crippen LogP contribution in [0, 0.1) is 0 Å². The summed E-state index contributed by atoms with van der Waals surface area (Å²) >= 11 is 0. The molecule has 6 nitrogen and oxygen atoms in total. The van der Waals surface area contributed by atoms with E-state index in [1.807, 2.05) is 0 Å². The molecule has 3 heterocycles. The fourth-order valence-electron chi connectivity index (χ4n) is 4.63. The number of amides is 1. The Balaban J connectivity index is 1.51. The summed E-state index contributed by atoms with van der Waals surface area (Å²) in [6.07, 6.45) is 7.43. The first-order valence-electron chi connectivity index (χ1n) is 10.2. The van der Waals surface area contributed by atoms with E-state index in [2.05, 4.69) is 10.2 Å². The van der Waals surface area contributed by atoms with E-state index in [0.29, 0.717) is 30.4 Å². The Hall–Kier alpha value is -1.44. The van der Waals surface area contributed by atoms with Crippen LogP contribution >= 0.6 is 0 Å². The maximum absolute atomic E-state index is 13.2. The van der Waals surface area contributed by atoms with Gasteiger partial charge < -0.3 is 10.2 Å². The number of nitrogens with zero attached hydrogens (tertiary/aromatic N) is 2. The minimum atomic E-state index is -3.49. The lowest BCUT2D eigenvalue weighted by Crippen LogP contribution is -2.35. The Morgan fingerprint density at radius 2 is 1.74 bits per heavy atom. The second-order valence-electron chi connectivity index (χ2n) is 7.95. The van der Waals surface area contributed by atoms with Crippen LogP contribution in [0.2, 0.25) is 0 Å². The number of benzene rings is 1. The summed E-state index contributed by atoms with van der Waals surface area (Å²) < 4.78 is 28.1.